The first-order valence-electron chi connectivity index (χ1n) is 10.2. The average molecular weight is 431 g/mol. The Morgan fingerprint density at radius 1 is 1.03 bits per heavy atom. The van der Waals surface area contributed by atoms with E-state index in [1.807, 2.05) is 81.4 Å². The minimum Gasteiger partial charge on any atom is -0.493 e. The van der Waals surface area contributed by atoms with Crippen molar-refractivity contribution in [2.75, 3.05) is 11.9 Å². The molecule has 0 fully saturated rings. The first kappa shape index (κ1) is 20.9. The van der Waals surface area contributed by atoms with Gasteiger partial charge in [-0.3, -0.25) is 4.79 Å². The molecule has 1 aromatic heterocycles. The zero-order chi connectivity index (χ0) is 22.0. The molecule has 0 bridgehead atoms. The largest absolute Gasteiger partial charge is 0.493 e. The summed E-state index contributed by atoms with van der Waals surface area (Å²) in [6.45, 7) is 6.45. The summed E-state index contributed by atoms with van der Waals surface area (Å²) >= 11 is 6.15. The third kappa shape index (κ3) is 4.54. The minimum atomic E-state index is -0.171. The number of halogens is 1. The van der Waals surface area contributed by atoms with Gasteiger partial charge in [0.2, 0.25) is 0 Å². The normalized spacial score (nSPS) is 10.8. The maximum Gasteiger partial charge on any atom is 0.255 e. The van der Waals surface area contributed by atoms with Crippen LogP contribution in [0.5, 0.6) is 5.75 Å². The van der Waals surface area contributed by atoms with E-state index < -0.39 is 0 Å². The minimum absolute atomic E-state index is 0.171. The van der Waals surface area contributed by atoms with Crippen LogP contribution in [0.2, 0.25) is 5.02 Å². The maximum absolute atomic E-state index is 12.9. The summed E-state index contributed by atoms with van der Waals surface area (Å²) in [5, 5.41) is 4.44. The zero-order valence-electron chi connectivity index (χ0n) is 17.7. The van der Waals surface area contributed by atoms with Gasteiger partial charge in [0, 0.05) is 33.3 Å². The number of carbonyl (C=O) groups excluding carboxylic acids is 1. The number of aromatic nitrogens is 1. The molecule has 3 aromatic carbocycles. The number of benzene rings is 3. The summed E-state index contributed by atoms with van der Waals surface area (Å²) in [6, 6.07) is 20.9. The second-order valence-corrected chi connectivity index (χ2v) is 7.89. The predicted octanol–water partition coefficient (Wildman–Crippen LogP) is 6.82. The number of hydrogen-bond acceptors (Lipinski definition) is 3. The summed E-state index contributed by atoms with van der Waals surface area (Å²) in [4.78, 5) is 17.7. The van der Waals surface area contributed by atoms with Gasteiger partial charge in [-0.05, 0) is 62.7 Å². The van der Waals surface area contributed by atoms with E-state index in [4.69, 9.17) is 21.3 Å². The van der Waals surface area contributed by atoms with Gasteiger partial charge >= 0.3 is 0 Å². The Balaban J connectivity index is 1.73. The molecule has 1 amide bonds. The van der Waals surface area contributed by atoms with Crippen LogP contribution in [0.3, 0.4) is 0 Å². The number of ether oxygens (including phenoxy) is 1. The van der Waals surface area contributed by atoms with E-state index in [0.29, 0.717) is 22.9 Å². The maximum atomic E-state index is 12.9. The van der Waals surface area contributed by atoms with Crippen molar-refractivity contribution in [1.29, 1.82) is 0 Å². The molecule has 0 atom stereocenters. The molecule has 0 radical (unpaired) electrons. The van der Waals surface area contributed by atoms with Crippen LogP contribution < -0.4 is 10.1 Å². The third-order valence-electron chi connectivity index (χ3n) is 5.08. The van der Waals surface area contributed by atoms with Crippen LogP contribution in [0.4, 0.5) is 5.69 Å². The van der Waals surface area contributed by atoms with Crippen LogP contribution in [0.1, 0.15) is 28.4 Å². The average Bonchev–Trinajstić information content (AvgIpc) is 2.75. The molecule has 156 valence electrons. The fraction of sp³-hybridized carbons (Fsp3) is 0.154. The zero-order valence-corrected chi connectivity index (χ0v) is 18.5. The highest BCUT2D eigenvalue weighted by molar-refractivity contribution is 6.30. The molecule has 0 saturated heterocycles. The Bertz CT molecular complexity index is 1280. The number of aryl methyl sites for hydroxylation is 2. The van der Waals surface area contributed by atoms with E-state index in [9.17, 15) is 4.79 Å². The number of fused-ring (bicyclic) bond motifs is 1. The van der Waals surface area contributed by atoms with E-state index >= 15 is 0 Å². The second-order valence-electron chi connectivity index (χ2n) is 7.45. The van der Waals surface area contributed by atoms with Crippen molar-refractivity contribution in [1.82, 2.24) is 4.98 Å². The van der Waals surface area contributed by atoms with Crippen LogP contribution in [0.25, 0.3) is 22.2 Å². The van der Waals surface area contributed by atoms with E-state index in [-0.39, 0.29) is 5.91 Å². The lowest BCUT2D eigenvalue weighted by Gasteiger charge is -2.13. The predicted molar refractivity (Wildman–Crippen MR) is 127 cm³/mol. The molecule has 4 nitrogen and oxygen atoms in total. The smallest absolute Gasteiger partial charge is 0.255 e. The van der Waals surface area contributed by atoms with Crippen molar-refractivity contribution in [2.24, 2.45) is 0 Å². The highest BCUT2D eigenvalue weighted by Crippen LogP contribution is 2.32. The van der Waals surface area contributed by atoms with E-state index in [1.165, 1.54) is 0 Å². The fourth-order valence-corrected chi connectivity index (χ4v) is 3.75. The van der Waals surface area contributed by atoms with Crippen LogP contribution in [-0.2, 0) is 0 Å². The van der Waals surface area contributed by atoms with E-state index in [1.54, 1.807) is 6.07 Å². The fourth-order valence-electron chi connectivity index (χ4n) is 3.56. The van der Waals surface area contributed by atoms with Crippen molar-refractivity contribution < 1.29 is 9.53 Å². The molecule has 0 aliphatic carbocycles. The van der Waals surface area contributed by atoms with Gasteiger partial charge in [0.25, 0.3) is 5.91 Å². The molecule has 4 rings (SSSR count). The monoisotopic (exact) mass is 430 g/mol. The molecule has 31 heavy (non-hydrogen) atoms. The van der Waals surface area contributed by atoms with Gasteiger partial charge in [-0.2, -0.15) is 0 Å². The van der Waals surface area contributed by atoms with Crippen molar-refractivity contribution in [2.45, 2.75) is 20.8 Å². The van der Waals surface area contributed by atoms with Crippen molar-refractivity contribution >= 4 is 34.1 Å². The quantitative estimate of drug-likeness (QED) is 0.377. The van der Waals surface area contributed by atoms with Crippen LogP contribution in [0, 0.1) is 13.8 Å². The molecular formula is C26H23ClN2O2. The summed E-state index contributed by atoms with van der Waals surface area (Å²) in [7, 11) is 0. The Morgan fingerprint density at radius 3 is 2.61 bits per heavy atom. The van der Waals surface area contributed by atoms with Crippen LogP contribution >= 0.6 is 11.6 Å². The molecule has 0 unspecified atom stereocenters. The molecule has 4 aromatic rings. The van der Waals surface area contributed by atoms with E-state index in [0.717, 1.165) is 39.0 Å². The summed E-state index contributed by atoms with van der Waals surface area (Å²) in [5.74, 6) is 0.513. The molecule has 1 heterocycles. The van der Waals surface area contributed by atoms with Crippen molar-refractivity contribution in [3.8, 4) is 17.0 Å². The van der Waals surface area contributed by atoms with Gasteiger partial charge in [0.15, 0.2) is 0 Å². The highest BCUT2D eigenvalue weighted by atomic mass is 35.5. The van der Waals surface area contributed by atoms with Gasteiger partial charge in [-0.15, -0.1) is 0 Å². The lowest BCUT2D eigenvalue weighted by Crippen LogP contribution is -2.13. The van der Waals surface area contributed by atoms with Crippen LogP contribution in [-0.4, -0.2) is 17.5 Å². The number of rotatable bonds is 5. The molecule has 0 aliphatic heterocycles. The Labute approximate surface area is 186 Å². The first-order valence-corrected chi connectivity index (χ1v) is 10.5. The number of hydrogen-bond donors (Lipinski definition) is 1. The third-order valence-corrected chi connectivity index (χ3v) is 5.32. The van der Waals surface area contributed by atoms with Gasteiger partial charge in [-0.25, -0.2) is 4.98 Å². The van der Waals surface area contributed by atoms with Gasteiger partial charge < -0.3 is 10.1 Å². The molecular weight excluding hydrogens is 408 g/mol. The molecule has 5 heteroatoms. The van der Waals surface area contributed by atoms with Gasteiger partial charge in [0.05, 0.1) is 17.8 Å². The highest BCUT2D eigenvalue weighted by Gasteiger charge is 2.14. The van der Waals surface area contributed by atoms with Gasteiger partial charge in [-0.1, -0.05) is 41.4 Å². The van der Waals surface area contributed by atoms with E-state index in [2.05, 4.69) is 5.32 Å². The van der Waals surface area contributed by atoms with Crippen LogP contribution in [0.15, 0.2) is 66.7 Å². The number of pyridine rings is 1. The standard InChI is InChI=1S/C26H23ClN2O2/c1-4-31-25-15-24(18-6-5-7-20(27)13-18)28-23-11-9-19(14-21(23)25)26(30)29-22-10-8-16(2)12-17(22)3/h5-15H,4H2,1-3H3,(H,29,30). The molecule has 0 saturated carbocycles. The summed E-state index contributed by atoms with van der Waals surface area (Å²) < 4.78 is 5.89. The number of nitrogens with zero attached hydrogens (tertiary/aromatic N) is 1. The summed E-state index contributed by atoms with van der Waals surface area (Å²) in [6.07, 6.45) is 0. The molecule has 1 N–H and O–H groups in total. The lowest BCUT2D eigenvalue weighted by molar-refractivity contribution is 0.102. The lowest BCUT2D eigenvalue weighted by atomic mass is 10.1. The topological polar surface area (TPSA) is 51.2 Å². The molecule has 0 aliphatic rings. The Morgan fingerprint density at radius 2 is 1.87 bits per heavy atom. The second kappa shape index (κ2) is 8.78. The Kier molecular flexibility index (Phi) is 5.92. The SMILES string of the molecule is CCOc1cc(-c2cccc(Cl)c2)nc2ccc(C(=O)Nc3ccc(C)cc3C)cc12. The van der Waals surface area contributed by atoms with Crippen molar-refractivity contribution in [3.63, 3.8) is 0 Å². The molecule has 0 spiro atoms. The number of carbonyl (C=O) groups is 1. The van der Waals surface area contributed by atoms with Crippen molar-refractivity contribution in [3.05, 3.63) is 88.4 Å². The Hall–Kier alpha value is -3.37. The summed E-state index contributed by atoms with van der Waals surface area (Å²) in [5.41, 5.74) is 5.96. The van der Waals surface area contributed by atoms with Gasteiger partial charge in [0.1, 0.15) is 5.75 Å². The number of amides is 1. The number of nitrogens with one attached hydrogen (secondary N) is 1. The first-order chi connectivity index (χ1) is 14.9. The number of anilines is 1.